The number of alkyl halides is 3. The van der Waals surface area contributed by atoms with Crippen LogP contribution in [0.1, 0.15) is 81.5 Å². The van der Waals surface area contributed by atoms with E-state index in [2.05, 4.69) is 25.3 Å². The van der Waals surface area contributed by atoms with Gasteiger partial charge in [0, 0.05) is 41.1 Å². The normalized spacial score (nSPS) is 17.4. The average molecular weight is 682 g/mol. The quantitative estimate of drug-likeness (QED) is 0.281. The van der Waals surface area contributed by atoms with Gasteiger partial charge < -0.3 is 10.2 Å². The standard InChI is InChI=1S/C30H35ClF3N7O4S/c1-28(2,3)22-12-10-20(25(31)38-22)26(42)40-46(44,45)24-8-6-7-23(39-24)37-21(19-14-35-17-36-15-19)11-9-18-13-29(4,5)41(16-18)27(43)30(32,33)34/h6-8,10,12,14-15,17-18,21H,9,11,13,16H2,1-5H3,(H,37,39)(H,40,42)/t18-,21?/m0/s1. The maximum absolute atomic E-state index is 13.2. The topological polar surface area (TPSA) is 147 Å². The van der Waals surface area contributed by atoms with Gasteiger partial charge in [-0.3, -0.25) is 9.59 Å². The van der Waals surface area contributed by atoms with Crippen molar-refractivity contribution in [2.45, 2.75) is 82.1 Å². The molecule has 1 aliphatic rings. The molecule has 11 nitrogen and oxygen atoms in total. The molecule has 16 heteroatoms. The average Bonchev–Trinajstić information content (AvgIpc) is 3.27. The van der Waals surface area contributed by atoms with Gasteiger partial charge in [0.25, 0.3) is 15.9 Å². The number of aromatic nitrogens is 4. The van der Waals surface area contributed by atoms with Crippen LogP contribution in [0.5, 0.6) is 0 Å². The van der Waals surface area contributed by atoms with E-state index in [1.165, 1.54) is 30.6 Å². The molecule has 4 heterocycles. The van der Waals surface area contributed by atoms with E-state index in [4.69, 9.17) is 11.6 Å². The third kappa shape index (κ3) is 8.29. The summed E-state index contributed by atoms with van der Waals surface area (Å²) in [5.74, 6) is -2.90. The Labute approximate surface area is 270 Å². The second-order valence-corrected chi connectivity index (χ2v) is 14.8. The van der Waals surface area contributed by atoms with Crippen LogP contribution >= 0.6 is 11.6 Å². The summed E-state index contributed by atoms with van der Waals surface area (Å²) in [6.45, 7) is 8.92. The summed E-state index contributed by atoms with van der Waals surface area (Å²) < 4.78 is 67.9. The number of amides is 2. The minimum absolute atomic E-state index is 0.0481. The van der Waals surface area contributed by atoms with Gasteiger partial charge in [0.1, 0.15) is 17.3 Å². The predicted molar refractivity (Wildman–Crippen MR) is 164 cm³/mol. The second kappa shape index (κ2) is 13.1. The molecule has 4 rings (SSSR count). The van der Waals surface area contributed by atoms with Crippen LogP contribution in [0.3, 0.4) is 0 Å². The number of carbonyl (C=O) groups is 2. The largest absolute Gasteiger partial charge is 0.471 e. The molecule has 2 N–H and O–H groups in total. The maximum atomic E-state index is 13.2. The number of pyridine rings is 2. The van der Waals surface area contributed by atoms with E-state index in [1.807, 2.05) is 25.5 Å². The molecule has 1 unspecified atom stereocenters. The van der Waals surface area contributed by atoms with Gasteiger partial charge in [-0.2, -0.15) is 21.6 Å². The molecule has 1 fully saturated rings. The van der Waals surface area contributed by atoms with Gasteiger partial charge in [-0.1, -0.05) is 38.4 Å². The molecule has 0 saturated carbocycles. The van der Waals surface area contributed by atoms with E-state index in [0.717, 1.165) is 4.90 Å². The number of likely N-dealkylation sites (tertiary alicyclic amines) is 1. The van der Waals surface area contributed by atoms with Crippen molar-refractivity contribution >= 4 is 39.3 Å². The van der Waals surface area contributed by atoms with Crippen molar-refractivity contribution in [3.05, 3.63) is 71.0 Å². The Morgan fingerprint density at radius 2 is 1.76 bits per heavy atom. The Kier molecular flexibility index (Phi) is 9.97. The lowest BCUT2D eigenvalue weighted by Crippen LogP contribution is -2.48. The monoisotopic (exact) mass is 681 g/mol. The first-order valence-corrected chi connectivity index (χ1v) is 16.3. The van der Waals surface area contributed by atoms with E-state index in [0.29, 0.717) is 30.5 Å². The Morgan fingerprint density at radius 1 is 1.09 bits per heavy atom. The molecule has 0 spiro atoms. The van der Waals surface area contributed by atoms with Crippen molar-refractivity contribution in [1.82, 2.24) is 29.6 Å². The minimum Gasteiger partial charge on any atom is -0.363 e. The van der Waals surface area contributed by atoms with Crippen molar-refractivity contribution in [2.75, 3.05) is 11.9 Å². The molecule has 0 aliphatic carbocycles. The molecule has 0 radical (unpaired) electrons. The summed E-state index contributed by atoms with van der Waals surface area (Å²) in [5, 5.41) is 2.58. The van der Waals surface area contributed by atoms with Crippen molar-refractivity contribution in [2.24, 2.45) is 5.92 Å². The minimum atomic E-state index is -4.96. The highest BCUT2D eigenvalue weighted by molar-refractivity contribution is 7.90. The first-order chi connectivity index (χ1) is 21.3. The number of carbonyl (C=O) groups excluding carboxylic acids is 2. The number of hydrogen-bond acceptors (Lipinski definition) is 9. The van der Waals surface area contributed by atoms with E-state index < -0.39 is 44.6 Å². The first-order valence-electron chi connectivity index (χ1n) is 14.4. The fourth-order valence-corrected chi connectivity index (χ4v) is 6.55. The van der Waals surface area contributed by atoms with Crippen molar-refractivity contribution < 1.29 is 31.2 Å². The van der Waals surface area contributed by atoms with E-state index in [1.54, 1.807) is 32.3 Å². The van der Waals surface area contributed by atoms with E-state index >= 15 is 0 Å². The summed E-state index contributed by atoms with van der Waals surface area (Å²) in [4.78, 5) is 42.3. The smallest absolute Gasteiger partial charge is 0.363 e. The summed E-state index contributed by atoms with van der Waals surface area (Å²) >= 11 is 6.21. The predicted octanol–water partition coefficient (Wildman–Crippen LogP) is 5.46. The first kappa shape index (κ1) is 35.0. The lowest BCUT2D eigenvalue weighted by Gasteiger charge is -2.31. The third-order valence-electron chi connectivity index (χ3n) is 7.70. The number of nitrogens with one attached hydrogen (secondary N) is 2. The van der Waals surface area contributed by atoms with Crippen LogP contribution in [0.25, 0.3) is 0 Å². The molecule has 3 aromatic rings. The van der Waals surface area contributed by atoms with Gasteiger partial charge in [-0.05, 0) is 63.3 Å². The highest BCUT2D eigenvalue weighted by Crippen LogP contribution is 2.39. The lowest BCUT2D eigenvalue weighted by atomic mass is 9.91. The second-order valence-electron chi connectivity index (χ2n) is 12.8. The fraction of sp³-hybridized carbons (Fsp3) is 0.467. The molecular formula is C30H35ClF3N7O4S. The molecule has 3 aromatic heterocycles. The Morgan fingerprint density at radius 3 is 2.37 bits per heavy atom. The summed E-state index contributed by atoms with van der Waals surface area (Å²) in [6, 6.07) is 6.69. The van der Waals surface area contributed by atoms with Crippen molar-refractivity contribution in [3.63, 3.8) is 0 Å². The summed E-state index contributed by atoms with van der Waals surface area (Å²) in [6.07, 6.45) is 0.693. The highest BCUT2D eigenvalue weighted by Gasteiger charge is 2.50. The van der Waals surface area contributed by atoms with Crippen molar-refractivity contribution in [1.29, 1.82) is 0 Å². The number of halogens is 4. The Hall–Kier alpha value is -3.85. The Bertz CT molecular complexity index is 1700. The van der Waals surface area contributed by atoms with Gasteiger partial charge in [-0.15, -0.1) is 0 Å². The summed E-state index contributed by atoms with van der Waals surface area (Å²) in [7, 11) is -4.44. The van der Waals surface area contributed by atoms with Crippen LogP contribution < -0.4 is 10.0 Å². The Balaban J connectivity index is 1.50. The SMILES string of the molecule is CC(C)(C)c1ccc(C(=O)NS(=O)(=O)c2cccc(NC(CC[C@@H]3CN(C(=O)C(F)(F)F)C(C)(C)C3)c3cncnc3)n2)c(Cl)n1. The van der Waals surface area contributed by atoms with E-state index in [9.17, 15) is 31.2 Å². The molecule has 0 bridgehead atoms. The molecule has 2 amide bonds. The number of sulfonamides is 1. The van der Waals surface area contributed by atoms with Crippen molar-refractivity contribution in [3.8, 4) is 0 Å². The highest BCUT2D eigenvalue weighted by atomic mass is 35.5. The molecule has 248 valence electrons. The van der Waals surface area contributed by atoms with Crippen LogP contribution in [-0.2, 0) is 20.2 Å². The zero-order chi connectivity index (χ0) is 34.1. The number of anilines is 1. The van der Waals surface area contributed by atoms with Gasteiger partial charge in [0.05, 0.1) is 11.6 Å². The third-order valence-corrected chi connectivity index (χ3v) is 9.22. The van der Waals surface area contributed by atoms with Crippen LogP contribution in [-0.4, -0.2) is 63.3 Å². The van der Waals surface area contributed by atoms with Gasteiger partial charge in [-0.25, -0.2) is 24.7 Å². The van der Waals surface area contributed by atoms with Gasteiger partial charge >= 0.3 is 12.1 Å². The number of hydrogen-bond donors (Lipinski definition) is 2. The lowest BCUT2D eigenvalue weighted by molar-refractivity contribution is -0.188. The van der Waals surface area contributed by atoms with Gasteiger partial charge in [0.2, 0.25) is 0 Å². The number of rotatable bonds is 9. The number of nitrogens with zero attached hydrogens (tertiary/aromatic N) is 5. The molecule has 46 heavy (non-hydrogen) atoms. The fourth-order valence-electron chi connectivity index (χ4n) is 5.38. The van der Waals surface area contributed by atoms with Crippen LogP contribution in [0.15, 0.2) is 54.1 Å². The molecule has 1 aliphatic heterocycles. The molecule has 1 saturated heterocycles. The zero-order valence-corrected chi connectivity index (χ0v) is 27.5. The van der Waals surface area contributed by atoms with Crippen LogP contribution in [0.4, 0.5) is 19.0 Å². The molecular weight excluding hydrogens is 647 g/mol. The summed E-state index contributed by atoms with van der Waals surface area (Å²) in [5.41, 5.74) is -0.181. The van der Waals surface area contributed by atoms with Crippen LogP contribution in [0.2, 0.25) is 5.15 Å². The molecule has 0 aromatic carbocycles. The van der Waals surface area contributed by atoms with E-state index in [-0.39, 0.29) is 34.4 Å². The zero-order valence-electron chi connectivity index (χ0n) is 25.9. The maximum Gasteiger partial charge on any atom is 0.471 e. The van der Waals surface area contributed by atoms with Gasteiger partial charge in [0.15, 0.2) is 5.03 Å². The van der Waals surface area contributed by atoms with Crippen LogP contribution in [0, 0.1) is 5.92 Å². The molecule has 2 atom stereocenters.